The van der Waals surface area contributed by atoms with Crippen LogP contribution in [0.3, 0.4) is 0 Å². The molecule has 1 fully saturated rings. The molecule has 18 heavy (non-hydrogen) atoms. The molecular weight excluding hydrogens is 243 g/mol. The van der Waals surface area contributed by atoms with Gasteiger partial charge in [0, 0.05) is 24.8 Å². The molecule has 1 aromatic rings. The highest BCUT2D eigenvalue weighted by molar-refractivity contribution is 5.53. The Morgan fingerprint density at radius 3 is 2.78 bits per heavy atom. The molecule has 1 unspecified atom stereocenters. The van der Waals surface area contributed by atoms with Gasteiger partial charge in [0.05, 0.1) is 12.2 Å². The van der Waals surface area contributed by atoms with Gasteiger partial charge in [0.2, 0.25) is 0 Å². The van der Waals surface area contributed by atoms with Gasteiger partial charge in [-0.25, -0.2) is 0 Å². The Balaban J connectivity index is 2.06. The SMILES string of the molecule is Cc1ccc(C(F)(F)F)cc1NCC1CCOC1. The molecule has 1 heterocycles. The molecule has 2 rings (SSSR count). The summed E-state index contributed by atoms with van der Waals surface area (Å²) in [5.74, 6) is 0.388. The van der Waals surface area contributed by atoms with Crippen LogP contribution in [-0.4, -0.2) is 19.8 Å². The Morgan fingerprint density at radius 2 is 2.17 bits per heavy atom. The minimum Gasteiger partial charge on any atom is -0.384 e. The van der Waals surface area contributed by atoms with Crippen molar-refractivity contribution in [2.24, 2.45) is 5.92 Å². The topological polar surface area (TPSA) is 21.3 Å². The molecule has 2 nitrogen and oxygen atoms in total. The number of hydrogen-bond acceptors (Lipinski definition) is 2. The summed E-state index contributed by atoms with van der Waals surface area (Å²) in [5.41, 5.74) is 0.761. The van der Waals surface area contributed by atoms with Gasteiger partial charge in [0.1, 0.15) is 0 Å². The molecule has 0 spiro atoms. The Bertz CT molecular complexity index is 411. The van der Waals surface area contributed by atoms with Gasteiger partial charge >= 0.3 is 6.18 Å². The van der Waals surface area contributed by atoms with E-state index in [0.29, 0.717) is 24.8 Å². The molecule has 5 heteroatoms. The number of aryl methyl sites for hydroxylation is 1. The quantitative estimate of drug-likeness (QED) is 0.897. The average molecular weight is 259 g/mol. The number of rotatable bonds is 3. The molecule has 1 aromatic carbocycles. The average Bonchev–Trinajstić information content (AvgIpc) is 2.79. The van der Waals surface area contributed by atoms with Gasteiger partial charge in [-0.1, -0.05) is 6.07 Å². The van der Waals surface area contributed by atoms with Gasteiger partial charge in [-0.15, -0.1) is 0 Å². The van der Waals surface area contributed by atoms with Gasteiger partial charge in [0.25, 0.3) is 0 Å². The summed E-state index contributed by atoms with van der Waals surface area (Å²) in [6.07, 6.45) is -3.33. The summed E-state index contributed by atoms with van der Waals surface area (Å²) in [4.78, 5) is 0. The third-order valence-corrected chi connectivity index (χ3v) is 3.17. The maximum absolute atomic E-state index is 12.6. The lowest BCUT2D eigenvalue weighted by Crippen LogP contribution is -2.15. The van der Waals surface area contributed by atoms with Crippen LogP contribution in [0.5, 0.6) is 0 Å². The second kappa shape index (κ2) is 5.18. The Labute approximate surface area is 104 Å². The van der Waals surface area contributed by atoms with Gasteiger partial charge < -0.3 is 10.1 Å². The monoisotopic (exact) mass is 259 g/mol. The number of ether oxygens (including phenoxy) is 1. The van der Waals surface area contributed by atoms with E-state index in [9.17, 15) is 13.2 Å². The van der Waals surface area contributed by atoms with E-state index in [0.717, 1.165) is 24.7 Å². The first-order chi connectivity index (χ1) is 8.47. The fraction of sp³-hybridized carbons (Fsp3) is 0.538. The van der Waals surface area contributed by atoms with Crippen LogP contribution < -0.4 is 5.32 Å². The minimum absolute atomic E-state index is 0.388. The summed E-state index contributed by atoms with van der Waals surface area (Å²) in [6.45, 7) is 3.88. The molecule has 1 saturated heterocycles. The van der Waals surface area contributed by atoms with Gasteiger partial charge in [-0.05, 0) is 31.0 Å². The van der Waals surface area contributed by atoms with Crippen molar-refractivity contribution in [3.63, 3.8) is 0 Å². The van der Waals surface area contributed by atoms with E-state index in [1.807, 2.05) is 0 Å². The molecule has 1 N–H and O–H groups in total. The van der Waals surface area contributed by atoms with Gasteiger partial charge in [0.15, 0.2) is 0 Å². The zero-order chi connectivity index (χ0) is 13.2. The Morgan fingerprint density at radius 1 is 1.39 bits per heavy atom. The molecule has 0 amide bonds. The number of alkyl halides is 3. The van der Waals surface area contributed by atoms with Crippen molar-refractivity contribution >= 4 is 5.69 Å². The first-order valence-corrected chi connectivity index (χ1v) is 5.96. The third-order valence-electron chi connectivity index (χ3n) is 3.17. The van der Waals surface area contributed by atoms with Crippen molar-refractivity contribution in [2.45, 2.75) is 19.5 Å². The van der Waals surface area contributed by atoms with Crippen molar-refractivity contribution in [1.82, 2.24) is 0 Å². The third kappa shape index (κ3) is 3.16. The lowest BCUT2D eigenvalue weighted by Gasteiger charge is -2.15. The highest BCUT2D eigenvalue weighted by atomic mass is 19.4. The first-order valence-electron chi connectivity index (χ1n) is 5.96. The van der Waals surface area contributed by atoms with Crippen molar-refractivity contribution in [2.75, 3.05) is 25.1 Å². The first kappa shape index (κ1) is 13.2. The number of nitrogens with one attached hydrogen (secondary N) is 1. The number of anilines is 1. The van der Waals surface area contributed by atoms with Crippen molar-refractivity contribution in [3.05, 3.63) is 29.3 Å². The van der Waals surface area contributed by atoms with Crippen LogP contribution in [0.1, 0.15) is 17.5 Å². The predicted octanol–water partition coefficient (Wildman–Crippen LogP) is 3.46. The maximum atomic E-state index is 12.6. The Kier molecular flexibility index (Phi) is 3.80. The van der Waals surface area contributed by atoms with Crippen LogP contribution in [0.2, 0.25) is 0 Å². The van der Waals surface area contributed by atoms with E-state index in [1.165, 1.54) is 12.1 Å². The normalized spacial score (nSPS) is 20.1. The van der Waals surface area contributed by atoms with Crippen LogP contribution in [0, 0.1) is 12.8 Å². The molecule has 1 aliphatic heterocycles. The van der Waals surface area contributed by atoms with Crippen LogP contribution in [0.15, 0.2) is 18.2 Å². The van der Waals surface area contributed by atoms with E-state index >= 15 is 0 Å². The zero-order valence-electron chi connectivity index (χ0n) is 10.2. The predicted molar refractivity (Wildman–Crippen MR) is 63.6 cm³/mol. The standard InChI is InChI=1S/C13H16F3NO/c1-9-2-3-11(13(14,15)16)6-12(9)17-7-10-4-5-18-8-10/h2-3,6,10,17H,4-5,7-8H2,1H3. The molecule has 0 aliphatic carbocycles. The van der Waals surface area contributed by atoms with E-state index in [2.05, 4.69) is 5.32 Å². The Hall–Kier alpha value is -1.23. The molecule has 100 valence electrons. The van der Waals surface area contributed by atoms with Crippen LogP contribution >= 0.6 is 0 Å². The molecule has 0 aromatic heterocycles. The van der Waals surface area contributed by atoms with Crippen LogP contribution in [0.25, 0.3) is 0 Å². The van der Waals surface area contributed by atoms with Crippen molar-refractivity contribution < 1.29 is 17.9 Å². The molecule has 0 saturated carbocycles. The lowest BCUT2D eigenvalue weighted by molar-refractivity contribution is -0.137. The van der Waals surface area contributed by atoms with Gasteiger partial charge in [-0.3, -0.25) is 0 Å². The summed E-state index contributed by atoms with van der Waals surface area (Å²) < 4.78 is 43.0. The van der Waals surface area contributed by atoms with Crippen molar-refractivity contribution in [1.29, 1.82) is 0 Å². The van der Waals surface area contributed by atoms with Crippen LogP contribution in [-0.2, 0) is 10.9 Å². The van der Waals surface area contributed by atoms with Crippen LogP contribution in [0.4, 0.5) is 18.9 Å². The molecule has 1 atom stereocenters. The fourth-order valence-corrected chi connectivity index (χ4v) is 1.99. The molecule has 0 radical (unpaired) electrons. The maximum Gasteiger partial charge on any atom is 0.416 e. The number of hydrogen-bond donors (Lipinski definition) is 1. The molecule has 0 bridgehead atoms. The highest BCUT2D eigenvalue weighted by Crippen LogP contribution is 2.32. The highest BCUT2D eigenvalue weighted by Gasteiger charge is 2.30. The zero-order valence-corrected chi connectivity index (χ0v) is 10.2. The largest absolute Gasteiger partial charge is 0.416 e. The van der Waals surface area contributed by atoms with Gasteiger partial charge in [-0.2, -0.15) is 13.2 Å². The smallest absolute Gasteiger partial charge is 0.384 e. The fourth-order valence-electron chi connectivity index (χ4n) is 1.99. The summed E-state index contributed by atoms with van der Waals surface area (Å²) in [7, 11) is 0. The molecule has 1 aliphatic rings. The van der Waals surface area contributed by atoms with E-state index in [1.54, 1.807) is 6.92 Å². The summed E-state index contributed by atoms with van der Waals surface area (Å²) in [5, 5.41) is 3.09. The summed E-state index contributed by atoms with van der Waals surface area (Å²) >= 11 is 0. The number of halogens is 3. The lowest BCUT2D eigenvalue weighted by atomic mass is 10.1. The summed E-state index contributed by atoms with van der Waals surface area (Å²) in [6, 6.07) is 3.78. The van der Waals surface area contributed by atoms with E-state index < -0.39 is 11.7 Å². The van der Waals surface area contributed by atoms with E-state index in [4.69, 9.17) is 4.74 Å². The minimum atomic E-state index is -4.29. The second-order valence-electron chi connectivity index (χ2n) is 4.64. The van der Waals surface area contributed by atoms with Crippen molar-refractivity contribution in [3.8, 4) is 0 Å². The van der Waals surface area contributed by atoms with E-state index in [-0.39, 0.29) is 0 Å². The molecular formula is C13H16F3NO. The second-order valence-corrected chi connectivity index (χ2v) is 4.64. The number of benzene rings is 1.